The number of amides is 1. The summed E-state index contributed by atoms with van der Waals surface area (Å²) < 4.78 is 12.8. The van der Waals surface area contributed by atoms with Crippen LogP contribution in [0.4, 0.5) is 0 Å². The molecule has 24 heavy (non-hydrogen) atoms. The van der Waals surface area contributed by atoms with Crippen molar-refractivity contribution < 1.29 is 13.9 Å². The molecule has 1 amide bonds. The number of morpholine rings is 1. The first kappa shape index (κ1) is 14.8. The van der Waals surface area contributed by atoms with Crippen LogP contribution in [0, 0.1) is 6.92 Å². The number of aryl methyl sites for hydroxylation is 1. The molecule has 0 bridgehead atoms. The fourth-order valence-electron chi connectivity index (χ4n) is 2.85. The van der Waals surface area contributed by atoms with Crippen molar-refractivity contribution in [3.05, 3.63) is 42.2 Å². The average Bonchev–Trinajstić information content (AvgIpc) is 3.22. The van der Waals surface area contributed by atoms with Crippen molar-refractivity contribution in [2.24, 2.45) is 0 Å². The first-order chi connectivity index (χ1) is 11.7. The highest BCUT2D eigenvalue weighted by Crippen LogP contribution is 2.21. The number of aromatic nitrogens is 4. The van der Waals surface area contributed by atoms with Gasteiger partial charge in [0.1, 0.15) is 6.54 Å². The largest absolute Gasteiger partial charge is 0.423 e. The molecular formula is C16H17N5O3. The van der Waals surface area contributed by atoms with Crippen LogP contribution in [0.1, 0.15) is 17.9 Å². The number of ether oxygens (including phenoxy) is 1. The Hall–Kier alpha value is -2.74. The van der Waals surface area contributed by atoms with Crippen molar-refractivity contribution in [2.75, 3.05) is 19.7 Å². The zero-order chi connectivity index (χ0) is 16.5. The molecule has 3 aromatic rings. The molecule has 0 N–H and O–H groups in total. The van der Waals surface area contributed by atoms with E-state index in [1.807, 2.05) is 24.3 Å². The summed E-state index contributed by atoms with van der Waals surface area (Å²) in [6.07, 6.45) is 1.39. The number of carbonyl (C=O) groups excluding carboxylic acids is 1. The van der Waals surface area contributed by atoms with Crippen molar-refractivity contribution in [3.63, 3.8) is 0 Å². The molecule has 1 aliphatic rings. The van der Waals surface area contributed by atoms with Gasteiger partial charge in [0.05, 0.1) is 24.9 Å². The van der Waals surface area contributed by atoms with Gasteiger partial charge in [0.25, 0.3) is 0 Å². The molecule has 8 heteroatoms. The number of nitrogens with zero attached hydrogens (tertiary/aromatic N) is 5. The van der Waals surface area contributed by atoms with Gasteiger partial charge in [-0.05, 0) is 6.07 Å². The Morgan fingerprint density at radius 2 is 2.21 bits per heavy atom. The van der Waals surface area contributed by atoms with Gasteiger partial charge in [0.15, 0.2) is 6.10 Å². The highest BCUT2D eigenvalue weighted by molar-refractivity contribution is 5.82. The number of carbonyl (C=O) groups is 1. The molecule has 2 aromatic heterocycles. The maximum Gasteiger partial charge on any atom is 0.246 e. The van der Waals surface area contributed by atoms with Gasteiger partial charge in [0.2, 0.25) is 17.7 Å². The molecular weight excluding hydrogens is 310 g/mol. The van der Waals surface area contributed by atoms with Gasteiger partial charge < -0.3 is 14.1 Å². The molecule has 1 atom stereocenters. The minimum absolute atomic E-state index is 0.00612. The van der Waals surface area contributed by atoms with Gasteiger partial charge >= 0.3 is 0 Å². The van der Waals surface area contributed by atoms with E-state index in [9.17, 15) is 4.79 Å². The Bertz CT molecular complexity index is 871. The Morgan fingerprint density at radius 3 is 3.04 bits per heavy atom. The van der Waals surface area contributed by atoms with Crippen LogP contribution in [-0.2, 0) is 16.1 Å². The van der Waals surface area contributed by atoms with Crippen LogP contribution in [0.25, 0.3) is 10.9 Å². The highest BCUT2D eigenvalue weighted by Gasteiger charge is 2.29. The van der Waals surface area contributed by atoms with Crippen LogP contribution in [-0.4, -0.2) is 50.5 Å². The van der Waals surface area contributed by atoms with Crippen molar-refractivity contribution in [1.29, 1.82) is 0 Å². The topological polar surface area (TPSA) is 86.3 Å². The second kappa shape index (κ2) is 6.04. The molecule has 3 heterocycles. The average molecular weight is 327 g/mol. The zero-order valence-corrected chi connectivity index (χ0v) is 13.3. The summed E-state index contributed by atoms with van der Waals surface area (Å²) in [7, 11) is 0. The van der Waals surface area contributed by atoms with Crippen LogP contribution < -0.4 is 0 Å². The second-order valence-corrected chi connectivity index (χ2v) is 5.72. The molecule has 1 aliphatic heterocycles. The summed E-state index contributed by atoms with van der Waals surface area (Å²) in [5.41, 5.74) is 0.947. The third-order valence-electron chi connectivity index (χ3n) is 4.07. The summed E-state index contributed by atoms with van der Waals surface area (Å²) >= 11 is 0. The lowest BCUT2D eigenvalue weighted by Gasteiger charge is -2.31. The van der Waals surface area contributed by atoms with Gasteiger partial charge in [-0.15, -0.1) is 10.2 Å². The van der Waals surface area contributed by atoms with Crippen molar-refractivity contribution in [2.45, 2.75) is 19.6 Å². The summed E-state index contributed by atoms with van der Waals surface area (Å²) in [6.45, 7) is 3.31. The van der Waals surface area contributed by atoms with Gasteiger partial charge in [-0.3, -0.25) is 9.48 Å². The predicted octanol–water partition coefficient (Wildman–Crippen LogP) is 1.33. The maximum atomic E-state index is 12.6. The molecule has 8 nitrogen and oxygen atoms in total. The SMILES string of the molecule is Cc1nnc([C@H]2CN(C(=O)Cn3ncc4ccccc43)CCO2)o1. The van der Waals surface area contributed by atoms with E-state index in [1.54, 1.807) is 22.7 Å². The Labute approximate surface area is 138 Å². The molecule has 0 unspecified atom stereocenters. The maximum absolute atomic E-state index is 12.6. The van der Waals surface area contributed by atoms with Crippen molar-refractivity contribution in [3.8, 4) is 0 Å². The molecule has 1 saturated heterocycles. The molecule has 0 spiro atoms. The van der Waals surface area contributed by atoms with E-state index in [1.165, 1.54) is 0 Å². The predicted molar refractivity (Wildman–Crippen MR) is 84.0 cm³/mol. The van der Waals surface area contributed by atoms with E-state index in [0.717, 1.165) is 10.9 Å². The minimum atomic E-state index is -0.377. The lowest BCUT2D eigenvalue weighted by Crippen LogP contribution is -2.43. The Balaban J connectivity index is 1.48. The summed E-state index contributed by atoms with van der Waals surface area (Å²) in [5, 5.41) is 13.1. The summed E-state index contributed by atoms with van der Waals surface area (Å²) in [4.78, 5) is 14.4. The second-order valence-electron chi connectivity index (χ2n) is 5.72. The van der Waals surface area contributed by atoms with Crippen LogP contribution in [0.2, 0.25) is 0 Å². The normalized spacial score (nSPS) is 18.2. The van der Waals surface area contributed by atoms with Gasteiger partial charge in [-0.25, -0.2) is 0 Å². The lowest BCUT2D eigenvalue weighted by molar-refractivity contribution is -0.140. The van der Waals surface area contributed by atoms with E-state index in [0.29, 0.717) is 31.5 Å². The lowest BCUT2D eigenvalue weighted by atomic mass is 10.2. The molecule has 1 aromatic carbocycles. The molecule has 1 fully saturated rings. The highest BCUT2D eigenvalue weighted by atomic mass is 16.5. The number of hydrogen-bond donors (Lipinski definition) is 0. The third kappa shape index (κ3) is 2.76. The summed E-state index contributed by atoms with van der Waals surface area (Å²) in [5.74, 6) is 0.892. The number of fused-ring (bicyclic) bond motifs is 1. The number of para-hydroxylation sites is 1. The Kier molecular flexibility index (Phi) is 3.73. The minimum Gasteiger partial charge on any atom is -0.423 e. The van der Waals surface area contributed by atoms with Crippen LogP contribution in [0.3, 0.4) is 0 Å². The smallest absolute Gasteiger partial charge is 0.246 e. The molecule has 0 saturated carbocycles. The van der Waals surface area contributed by atoms with E-state index in [2.05, 4.69) is 15.3 Å². The van der Waals surface area contributed by atoms with Crippen LogP contribution in [0.15, 0.2) is 34.9 Å². The molecule has 0 aliphatic carbocycles. The number of benzene rings is 1. The van der Waals surface area contributed by atoms with E-state index >= 15 is 0 Å². The molecule has 124 valence electrons. The zero-order valence-electron chi connectivity index (χ0n) is 13.3. The number of rotatable bonds is 3. The van der Waals surface area contributed by atoms with Crippen molar-refractivity contribution in [1.82, 2.24) is 24.9 Å². The number of hydrogen-bond acceptors (Lipinski definition) is 6. The molecule has 4 rings (SSSR count). The summed E-state index contributed by atoms with van der Waals surface area (Å²) in [6, 6.07) is 7.83. The quantitative estimate of drug-likeness (QED) is 0.721. The van der Waals surface area contributed by atoms with Crippen LogP contribution in [0.5, 0.6) is 0 Å². The van der Waals surface area contributed by atoms with Crippen molar-refractivity contribution >= 4 is 16.8 Å². The first-order valence-electron chi connectivity index (χ1n) is 7.80. The van der Waals surface area contributed by atoms with Gasteiger partial charge in [-0.1, -0.05) is 18.2 Å². The standard InChI is InChI=1S/C16H17N5O3/c1-11-18-19-16(24-11)14-9-20(6-7-23-14)15(22)10-21-13-5-3-2-4-12(13)8-17-21/h2-5,8,14H,6-7,9-10H2,1H3/t14-/m1/s1. The van der Waals surface area contributed by atoms with Gasteiger partial charge in [0, 0.05) is 18.9 Å². The van der Waals surface area contributed by atoms with E-state index in [4.69, 9.17) is 9.15 Å². The Morgan fingerprint density at radius 1 is 1.33 bits per heavy atom. The van der Waals surface area contributed by atoms with E-state index < -0.39 is 0 Å². The third-order valence-corrected chi connectivity index (χ3v) is 4.07. The fourth-order valence-corrected chi connectivity index (χ4v) is 2.85. The van der Waals surface area contributed by atoms with Crippen LogP contribution >= 0.6 is 0 Å². The fraction of sp³-hybridized carbons (Fsp3) is 0.375. The molecule has 0 radical (unpaired) electrons. The van der Waals surface area contributed by atoms with Gasteiger partial charge in [-0.2, -0.15) is 5.10 Å². The van der Waals surface area contributed by atoms with E-state index in [-0.39, 0.29) is 18.6 Å². The monoisotopic (exact) mass is 327 g/mol. The first-order valence-corrected chi connectivity index (χ1v) is 7.80.